The Balaban J connectivity index is 1.85. The number of hydrogen-bond acceptors (Lipinski definition) is 9. The van der Waals surface area contributed by atoms with Crippen molar-refractivity contribution in [2.45, 2.75) is 46.8 Å². The molecular formula is C30H34N2O7S. The Labute approximate surface area is 236 Å². The van der Waals surface area contributed by atoms with Gasteiger partial charge in [-0.15, -0.1) is 0 Å². The summed E-state index contributed by atoms with van der Waals surface area (Å²) >= 11 is 1.24. The summed E-state index contributed by atoms with van der Waals surface area (Å²) in [5.74, 6) is 1.77. The van der Waals surface area contributed by atoms with Crippen LogP contribution in [0.5, 0.6) is 23.0 Å². The fraction of sp³-hybridized carbons (Fsp3) is 0.367. The van der Waals surface area contributed by atoms with Gasteiger partial charge in [0, 0.05) is 6.20 Å². The first-order chi connectivity index (χ1) is 19.3. The van der Waals surface area contributed by atoms with Gasteiger partial charge in [0.05, 0.1) is 49.2 Å². The van der Waals surface area contributed by atoms with Crippen LogP contribution in [-0.2, 0) is 9.53 Å². The zero-order valence-corrected chi connectivity index (χ0v) is 24.4. The van der Waals surface area contributed by atoms with E-state index in [2.05, 4.69) is 4.99 Å². The van der Waals surface area contributed by atoms with Crippen LogP contribution in [0.15, 0.2) is 58.0 Å². The molecule has 0 amide bonds. The molecule has 0 fully saturated rings. The van der Waals surface area contributed by atoms with Crippen LogP contribution >= 0.6 is 11.3 Å². The zero-order chi connectivity index (χ0) is 28.8. The molecule has 1 atom stereocenters. The fourth-order valence-corrected chi connectivity index (χ4v) is 5.34. The van der Waals surface area contributed by atoms with Crippen molar-refractivity contribution < 1.29 is 28.5 Å². The highest BCUT2D eigenvalue weighted by Crippen LogP contribution is 2.35. The number of ether oxygens (including phenoxy) is 5. The molecule has 212 valence electrons. The maximum atomic E-state index is 13.9. The fourth-order valence-electron chi connectivity index (χ4n) is 4.37. The monoisotopic (exact) mass is 566 g/mol. The molecule has 0 radical (unpaired) electrons. The lowest BCUT2D eigenvalue weighted by Gasteiger charge is -2.23. The zero-order valence-electron chi connectivity index (χ0n) is 23.6. The predicted molar refractivity (Wildman–Crippen MR) is 153 cm³/mol. The largest absolute Gasteiger partial charge is 0.490 e. The Hall–Kier alpha value is -4.05. The number of aromatic nitrogens is 1. The quantitative estimate of drug-likeness (QED) is 0.324. The van der Waals surface area contributed by atoms with E-state index in [1.54, 1.807) is 18.2 Å². The van der Waals surface area contributed by atoms with Gasteiger partial charge in [-0.1, -0.05) is 23.5 Å². The summed E-state index contributed by atoms with van der Waals surface area (Å²) in [6.07, 6.45) is 3.24. The molecule has 9 nitrogen and oxygen atoms in total. The molecule has 4 rings (SSSR count). The third-order valence-electron chi connectivity index (χ3n) is 5.94. The summed E-state index contributed by atoms with van der Waals surface area (Å²) in [5, 5.41) is 0. The Bertz CT molecular complexity index is 1590. The van der Waals surface area contributed by atoms with Crippen molar-refractivity contribution >= 4 is 23.4 Å². The van der Waals surface area contributed by atoms with Gasteiger partial charge in [-0.2, -0.15) is 0 Å². The van der Waals surface area contributed by atoms with E-state index in [0.717, 1.165) is 5.56 Å². The van der Waals surface area contributed by atoms with E-state index in [9.17, 15) is 9.59 Å². The van der Waals surface area contributed by atoms with E-state index >= 15 is 0 Å². The van der Waals surface area contributed by atoms with Gasteiger partial charge < -0.3 is 23.7 Å². The number of carbonyl (C=O) groups excluding carboxylic acids is 1. The second-order valence-corrected chi connectivity index (χ2v) is 10.1. The van der Waals surface area contributed by atoms with Gasteiger partial charge in [-0.05, 0) is 76.1 Å². The number of benzene rings is 2. The molecule has 1 aromatic heterocycles. The molecule has 0 spiro atoms. The van der Waals surface area contributed by atoms with Crippen molar-refractivity contribution in [1.29, 1.82) is 0 Å². The number of esters is 1. The molecule has 0 bridgehead atoms. The van der Waals surface area contributed by atoms with Gasteiger partial charge in [0.2, 0.25) is 0 Å². The lowest BCUT2D eigenvalue weighted by atomic mass is 9.97. The van der Waals surface area contributed by atoms with Gasteiger partial charge >= 0.3 is 5.97 Å². The summed E-state index contributed by atoms with van der Waals surface area (Å²) in [7, 11) is 1.30. The van der Waals surface area contributed by atoms with E-state index < -0.39 is 12.0 Å². The summed E-state index contributed by atoms with van der Waals surface area (Å²) < 4.78 is 30.2. The number of carbonyl (C=O) groups is 1. The van der Waals surface area contributed by atoms with Gasteiger partial charge in [-0.25, -0.2) is 9.79 Å². The summed E-state index contributed by atoms with van der Waals surface area (Å²) in [5.41, 5.74) is 1.39. The van der Waals surface area contributed by atoms with Crippen LogP contribution in [0, 0.1) is 0 Å². The minimum absolute atomic E-state index is 0.0106. The number of fused-ring (bicyclic) bond motifs is 1. The number of rotatable bonds is 11. The topological polar surface area (TPSA) is 97.6 Å². The first kappa shape index (κ1) is 28.9. The SMILES string of the molecule is CCOc1ccc([C@@H]2C(C(=O)OC)=CN=c3s/c(=C/c4ccc(OC(C)C)c(OCC)c4)c(=O)n32)cc1OCC. The van der Waals surface area contributed by atoms with Crippen molar-refractivity contribution in [2.24, 2.45) is 4.99 Å². The normalized spacial score (nSPS) is 14.7. The summed E-state index contributed by atoms with van der Waals surface area (Å²) in [6, 6.07) is 10.2. The summed E-state index contributed by atoms with van der Waals surface area (Å²) in [4.78, 5) is 31.6. The van der Waals surface area contributed by atoms with Gasteiger partial charge in [0.25, 0.3) is 5.56 Å². The third-order valence-corrected chi connectivity index (χ3v) is 6.93. The van der Waals surface area contributed by atoms with Crippen molar-refractivity contribution in [1.82, 2.24) is 4.57 Å². The Morgan fingerprint density at radius 3 is 2.27 bits per heavy atom. The molecule has 0 aliphatic carbocycles. The van der Waals surface area contributed by atoms with Crippen LogP contribution < -0.4 is 33.8 Å². The molecule has 0 unspecified atom stereocenters. The van der Waals surface area contributed by atoms with Gasteiger partial charge in [0.15, 0.2) is 27.8 Å². The second-order valence-electron chi connectivity index (χ2n) is 9.05. The minimum atomic E-state index is -0.762. The lowest BCUT2D eigenvalue weighted by molar-refractivity contribution is -0.136. The number of thiazole rings is 1. The Kier molecular flexibility index (Phi) is 9.31. The summed E-state index contributed by atoms with van der Waals surface area (Å²) in [6.45, 7) is 10.9. The maximum absolute atomic E-state index is 13.9. The number of hydrogen-bond donors (Lipinski definition) is 0. The van der Waals surface area contributed by atoms with Crippen molar-refractivity contribution in [2.75, 3.05) is 26.9 Å². The van der Waals surface area contributed by atoms with E-state index in [0.29, 0.717) is 57.7 Å². The van der Waals surface area contributed by atoms with Crippen LogP contribution in [0.2, 0.25) is 0 Å². The molecular weight excluding hydrogens is 532 g/mol. The van der Waals surface area contributed by atoms with Crippen molar-refractivity contribution in [3.8, 4) is 23.0 Å². The molecule has 1 aliphatic rings. The van der Waals surface area contributed by atoms with E-state index in [1.165, 1.54) is 29.2 Å². The molecule has 2 heterocycles. The van der Waals surface area contributed by atoms with Crippen LogP contribution in [-0.4, -0.2) is 43.6 Å². The number of nitrogens with zero attached hydrogens (tertiary/aromatic N) is 2. The predicted octanol–water partition coefficient (Wildman–Crippen LogP) is 4.00. The molecule has 10 heteroatoms. The van der Waals surface area contributed by atoms with E-state index in [1.807, 2.05) is 58.9 Å². The average molecular weight is 567 g/mol. The minimum Gasteiger partial charge on any atom is -0.490 e. The first-order valence-electron chi connectivity index (χ1n) is 13.2. The van der Waals surface area contributed by atoms with E-state index in [4.69, 9.17) is 23.7 Å². The average Bonchev–Trinajstić information content (AvgIpc) is 3.25. The van der Waals surface area contributed by atoms with Crippen molar-refractivity contribution in [3.05, 3.63) is 79.0 Å². The molecule has 1 aliphatic heterocycles. The molecule has 0 N–H and O–H groups in total. The molecule has 3 aromatic rings. The van der Waals surface area contributed by atoms with Crippen molar-refractivity contribution in [3.63, 3.8) is 0 Å². The van der Waals surface area contributed by atoms with Crippen LogP contribution in [0.4, 0.5) is 0 Å². The molecule has 0 saturated heterocycles. The third kappa shape index (κ3) is 6.07. The molecule has 2 aromatic carbocycles. The maximum Gasteiger partial charge on any atom is 0.337 e. The van der Waals surface area contributed by atoms with Gasteiger partial charge in [-0.3, -0.25) is 9.36 Å². The highest BCUT2D eigenvalue weighted by Gasteiger charge is 2.31. The van der Waals surface area contributed by atoms with Crippen LogP contribution in [0.25, 0.3) is 6.08 Å². The Morgan fingerprint density at radius 1 is 0.975 bits per heavy atom. The lowest BCUT2D eigenvalue weighted by Crippen LogP contribution is -2.39. The van der Waals surface area contributed by atoms with Crippen LogP contribution in [0.3, 0.4) is 0 Å². The second kappa shape index (κ2) is 12.9. The highest BCUT2D eigenvalue weighted by atomic mass is 32.1. The standard InChI is InChI=1S/C30H34N2O7S/c1-7-36-22-13-11-20(16-25(22)38-9-3)27-21(29(34)35-6)17-31-30-32(27)28(33)26(40-30)15-19-10-12-23(39-18(4)5)24(14-19)37-8-2/h10-18,27H,7-9H2,1-6H3/b26-15+/t27-/m1/s1. The molecule has 0 saturated carbocycles. The van der Waals surface area contributed by atoms with Crippen LogP contribution in [0.1, 0.15) is 51.8 Å². The molecule has 40 heavy (non-hydrogen) atoms. The van der Waals surface area contributed by atoms with Gasteiger partial charge in [0.1, 0.15) is 0 Å². The first-order valence-corrected chi connectivity index (χ1v) is 14.0. The highest BCUT2D eigenvalue weighted by molar-refractivity contribution is 7.07. The number of methoxy groups -OCH3 is 1. The Morgan fingerprint density at radius 2 is 1.62 bits per heavy atom. The smallest absolute Gasteiger partial charge is 0.337 e. The van der Waals surface area contributed by atoms with E-state index in [-0.39, 0.29) is 17.2 Å².